The maximum atomic E-state index is 7.04. The van der Waals surface area contributed by atoms with Crippen molar-refractivity contribution in [1.82, 2.24) is 29.9 Å². The van der Waals surface area contributed by atoms with E-state index in [1.165, 1.54) is 205 Å². The predicted molar refractivity (Wildman–Crippen MR) is 440 cm³/mol. The number of ether oxygens (including phenoxy) is 4. The van der Waals surface area contributed by atoms with E-state index in [1.54, 1.807) is 24.8 Å². The molecule has 2 aliphatic heterocycles. The highest BCUT2D eigenvalue weighted by Crippen LogP contribution is 2.46. The molecular formula is C94H124N6O4. The highest BCUT2D eigenvalue weighted by atomic mass is 16.5. The normalized spacial score (nSPS) is 11.6. The van der Waals surface area contributed by atoms with Crippen LogP contribution in [0.1, 0.15) is 330 Å². The maximum absolute atomic E-state index is 7.04. The molecule has 0 saturated carbocycles. The smallest absolute Gasteiger partial charge is 0.131 e. The van der Waals surface area contributed by atoms with E-state index in [0.29, 0.717) is 26.4 Å². The third kappa shape index (κ3) is 26.7. The molecule has 0 fully saturated rings. The van der Waals surface area contributed by atoms with Crippen molar-refractivity contribution in [2.45, 2.75) is 285 Å². The number of rotatable bonds is 50. The second-order valence-corrected chi connectivity index (χ2v) is 28.9. The summed E-state index contributed by atoms with van der Waals surface area (Å²) >= 11 is 0. The minimum Gasteiger partial charge on any atom is -0.493 e. The molecule has 8 bridgehead atoms. The molecule has 2 aromatic carbocycles. The third-order valence-electron chi connectivity index (χ3n) is 20.3. The topological polar surface area (TPSA) is 120 Å². The lowest BCUT2D eigenvalue weighted by Crippen LogP contribution is -2.04. The summed E-state index contributed by atoms with van der Waals surface area (Å²) in [7, 11) is 0. The number of aromatic nitrogens is 6. The number of nitrogens with zero attached hydrogens (tertiary/aromatic N) is 4. The molecule has 0 saturated heterocycles. The molecule has 7 aromatic rings. The number of fused-ring (bicyclic) bond motifs is 8. The van der Waals surface area contributed by atoms with Crippen LogP contribution in [0.25, 0.3) is 68.6 Å². The van der Waals surface area contributed by atoms with Crippen molar-refractivity contribution in [1.29, 1.82) is 0 Å². The second-order valence-electron chi connectivity index (χ2n) is 28.9. The first-order valence-corrected chi connectivity index (χ1v) is 41.3. The Morgan fingerprint density at radius 1 is 0.260 bits per heavy atom. The average Bonchev–Trinajstić information content (AvgIpc) is 1.49. The molecule has 0 unspecified atom stereocenters. The van der Waals surface area contributed by atoms with Gasteiger partial charge in [0, 0.05) is 58.1 Å². The Morgan fingerprint density at radius 2 is 0.510 bits per heavy atom. The van der Waals surface area contributed by atoms with Crippen LogP contribution in [-0.2, 0) is 0 Å². The largest absolute Gasteiger partial charge is 0.493 e. The van der Waals surface area contributed by atoms with E-state index in [2.05, 4.69) is 156 Å². The first kappa shape index (κ1) is 79.8. The van der Waals surface area contributed by atoms with Gasteiger partial charge in [-0.2, -0.15) is 0 Å². The lowest BCUT2D eigenvalue weighted by molar-refractivity contribution is 0.291. The summed E-state index contributed by atoms with van der Waals surface area (Å²) in [6.07, 6.45) is 65.5. The highest BCUT2D eigenvalue weighted by molar-refractivity contribution is 5.99. The Bertz CT molecular complexity index is 3640. The van der Waals surface area contributed by atoms with Crippen LogP contribution in [0, 0.1) is 23.7 Å². The zero-order valence-electron chi connectivity index (χ0n) is 64.2. The number of H-pyrrole nitrogens is 2. The van der Waals surface area contributed by atoms with Crippen molar-refractivity contribution in [3.8, 4) is 68.9 Å². The zero-order chi connectivity index (χ0) is 72.1. The third-order valence-corrected chi connectivity index (χ3v) is 20.3. The van der Waals surface area contributed by atoms with Crippen LogP contribution in [0.4, 0.5) is 0 Å². The van der Waals surface area contributed by atoms with Crippen LogP contribution < -0.4 is 18.9 Å². The van der Waals surface area contributed by atoms with E-state index < -0.39 is 0 Å². The fraction of sp³-hybridized carbons (Fsp3) is 0.511. The van der Waals surface area contributed by atoms with E-state index in [-0.39, 0.29) is 0 Å². The molecule has 0 amide bonds. The van der Waals surface area contributed by atoms with Crippen LogP contribution >= 0.6 is 0 Å². The minimum absolute atomic E-state index is 0.585. The molecule has 10 nitrogen and oxygen atoms in total. The Kier molecular flexibility index (Phi) is 36.7. The van der Waals surface area contributed by atoms with Crippen LogP contribution in [0.15, 0.2) is 110 Å². The SMILES string of the molecule is CCCCCCCCCCCCOc1cccc(OCCCCCCCCCCCC)c1-c1c2nc(c(C#Cc3ccncc3)c3ccc([nH]3)c(-c3c(OCCCCCCCCCCCC)cccc3OCCCCCCCCCCCC)c3nc(c(C#Cc4ccncc4)c4ccc1[nH]4)C=C3)C=C2. The molecule has 0 aliphatic carbocycles. The van der Waals surface area contributed by atoms with Gasteiger partial charge in [0.25, 0.3) is 0 Å². The molecule has 104 heavy (non-hydrogen) atoms. The summed E-state index contributed by atoms with van der Waals surface area (Å²) in [6.45, 7) is 11.5. The molecule has 5 aromatic heterocycles. The van der Waals surface area contributed by atoms with Crippen molar-refractivity contribution >= 4 is 46.4 Å². The number of aromatic amines is 2. The summed E-state index contributed by atoms with van der Waals surface area (Å²) in [6, 6.07) is 29.0. The molecule has 0 spiro atoms. The van der Waals surface area contributed by atoms with E-state index in [1.807, 2.05) is 24.3 Å². The lowest BCUT2D eigenvalue weighted by Gasteiger charge is -2.18. The molecule has 9 rings (SSSR count). The minimum atomic E-state index is 0.585. The van der Waals surface area contributed by atoms with Crippen molar-refractivity contribution in [2.24, 2.45) is 0 Å². The van der Waals surface area contributed by atoms with E-state index >= 15 is 0 Å². The van der Waals surface area contributed by atoms with Gasteiger partial charge in [0.2, 0.25) is 0 Å². The quantitative estimate of drug-likeness (QED) is 0.0286. The molecule has 0 atom stereocenters. The number of pyridine rings is 2. The van der Waals surface area contributed by atoms with Crippen molar-refractivity contribution in [3.63, 3.8) is 0 Å². The van der Waals surface area contributed by atoms with E-state index in [9.17, 15) is 0 Å². The zero-order valence-corrected chi connectivity index (χ0v) is 64.2. The van der Waals surface area contributed by atoms with Crippen molar-refractivity contribution < 1.29 is 18.9 Å². The Balaban J connectivity index is 1.18. The van der Waals surface area contributed by atoms with Crippen LogP contribution in [0.3, 0.4) is 0 Å². The summed E-state index contributed by atoms with van der Waals surface area (Å²) in [4.78, 5) is 28.0. The van der Waals surface area contributed by atoms with Gasteiger partial charge < -0.3 is 28.9 Å². The number of benzene rings is 2. The predicted octanol–water partition coefficient (Wildman–Crippen LogP) is 26.8. The van der Waals surface area contributed by atoms with Gasteiger partial charge in [-0.3, -0.25) is 9.97 Å². The fourth-order valence-corrected chi connectivity index (χ4v) is 14.2. The van der Waals surface area contributed by atoms with Gasteiger partial charge >= 0.3 is 0 Å². The summed E-state index contributed by atoms with van der Waals surface area (Å²) in [5.41, 5.74) is 12.8. The standard InChI is InChI=1S/C94H124N6O4/c1-5-9-13-17-21-25-29-33-37-41-71-101-87-47-45-48-88(102-72-42-38-34-30-26-22-18-14-10-6-2)93(87)91-83-59-55-79(97-83)77(53-51-75-63-67-95-68-64-75)81-57-61-85(99-81)92(86-62-58-82(100-86)78(80-56-60-84(91)98-80)54-52-76-65-69-96-70-66-76)94-89(103-73-43-39-35-31-27-23-19-15-11-7-3)49-46-50-90(94)104-74-44-40-36-32-28-24-20-16-12-8-4/h45-50,55-70,97,100H,5-44,71-74H2,1-4H3. The molecule has 2 aliphatic rings. The first-order chi connectivity index (χ1) is 51.6. The van der Waals surface area contributed by atoms with Crippen molar-refractivity contribution in [2.75, 3.05) is 26.4 Å². The highest BCUT2D eigenvalue weighted by Gasteiger charge is 2.25. The molecule has 10 heteroatoms. The van der Waals surface area contributed by atoms with Gasteiger partial charge in [0.05, 0.1) is 82.5 Å². The van der Waals surface area contributed by atoms with Gasteiger partial charge in [-0.05, 0) is 123 Å². The monoisotopic (exact) mass is 1400 g/mol. The van der Waals surface area contributed by atoms with Crippen LogP contribution in [-0.4, -0.2) is 56.3 Å². The number of hydrogen-bond donors (Lipinski definition) is 2. The number of hydrogen-bond acceptors (Lipinski definition) is 8. The molecule has 2 N–H and O–H groups in total. The average molecular weight is 1400 g/mol. The van der Waals surface area contributed by atoms with Gasteiger partial charge in [0.1, 0.15) is 23.0 Å². The maximum Gasteiger partial charge on any atom is 0.131 e. The Labute approximate surface area is 626 Å². The Hall–Kier alpha value is -8.34. The molecule has 0 radical (unpaired) electrons. The van der Waals surface area contributed by atoms with Gasteiger partial charge in [-0.1, -0.05) is 295 Å². The van der Waals surface area contributed by atoms with Gasteiger partial charge in [-0.25, -0.2) is 9.97 Å². The Morgan fingerprint density at radius 3 is 0.788 bits per heavy atom. The van der Waals surface area contributed by atoms with Crippen LogP contribution in [0.2, 0.25) is 0 Å². The fourth-order valence-electron chi connectivity index (χ4n) is 14.2. The summed E-state index contributed by atoms with van der Waals surface area (Å²) in [5.74, 6) is 17.4. The second kappa shape index (κ2) is 47.9. The lowest BCUT2D eigenvalue weighted by atomic mass is 10.0. The molecular weight excluding hydrogens is 1280 g/mol. The summed E-state index contributed by atoms with van der Waals surface area (Å²) in [5, 5.41) is 0. The number of nitrogens with one attached hydrogen (secondary N) is 2. The molecule has 7 heterocycles. The molecule has 554 valence electrons. The van der Waals surface area contributed by atoms with Crippen molar-refractivity contribution in [3.05, 3.63) is 155 Å². The van der Waals surface area contributed by atoms with E-state index in [4.69, 9.17) is 28.9 Å². The van der Waals surface area contributed by atoms with Gasteiger partial charge in [-0.15, -0.1) is 0 Å². The van der Waals surface area contributed by atoms with E-state index in [0.717, 1.165) is 164 Å². The summed E-state index contributed by atoms with van der Waals surface area (Å²) < 4.78 is 28.1. The number of unbranched alkanes of at least 4 members (excludes halogenated alkanes) is 36. The first-order valence-electron chi connectivity index (χ1n) is 41.3. The van der Waals surface area contributed by atoms with Crippen LogP contribution in [0.5, 0.6) is 23.0 Å². The van der Waals surface area contributed by atoms with Gasteiger partial charge in [0.15, 0.2) is 0 Å².